The van der Waals surface area contributed by atoms with Crippen LogP contribution in [0.3, 0.4) is 0 Å². The van der Waals surface area contributed by atoms with Crippen molar-refractivity contribution in [3.8, 4) is 0 Å². The molecule has 1 saturated carbocycles. The van der Waals surface area contributed by atoms with E-state index in [2.05, 4.69) is 39.9 Å². The van der Waals surface area contributed by atoms with Crippen molar-refractivity contribution in [2.24, 2.45) is 5.92 Å². The number of thiophene rings is 2. The second kappa shape index (κ2) is 6.56. The lowest BCUT2D eigenvalue weighted by Crippen LogP contribution is -2.38. The van der Waals surface area contributed by atoms with Crippen LogP contribution in [0.15, 0.2) is 46.2 Å². The molecule has 118 valence electrons. The summed E-state index contributed by atoms with van der Waals surface area (Å²) in [4.78, 5) is 17.6. The maximum atomic E-state index is 12.9. The van der Waals surface area contributed by atoms with E-state index in [1.165, 1.54) is 12.8 Å². The third-order valence-electron chi connectivity index (χ3n) is 4.30. The molecule has 0 radical (unpaired) electrons. The van der Waals surface area contributed by atoms with Gasteiger partial charge in [0, 0.05) is 40.5 Å². The Labute approximate surface area is 144 Å². The van der Waals surface area contributed by atoms with Crippen LogP contribution >= 0.6 is 22.7 Å². The summed E-state index contributed by atoms with van der Waals surface area (Å²) in [6.45, 7) is 2.70. The van der Waals surface area contributed by atoms with Crippen molar-refractivity contribution in [1.29, 1.82) is 0 Å². The Bertz CT molecular complexity index is 680. The minimum Gasteiger partial charge on any atom is -0.294 e. The molecule has 3 heterocycles. The van der Waals surface area contributed by atoms with Crippen LogP contribution in [0, 0.1) is 5.92 Å². The Morgan fingerprint density at radius 3 is 2.00 bits per heavy atom. The van der Waals surface area contributed by atoms with E-state index in [0.29, 0.717) is 0 Å². The van der Waals surface area contributed by atoms with Crippen molar-refractivity contribution >= 4 is 40.6 Å². The second-order valence-electron chi connectivity index (χ2n) is 6.31. The maximum absolute atomic E-state index is 12.9. The summed E-state index contributed by atoms with van der Waals surface area (Å²) < 4.78 is 0. The summed E-state index contributed by atoms with van der Waals surface area (Å²) in [5, 5.41) is 4.12. The third-order valence-corrected chi connectivity index (χ3v) is 5.94. The molecule has 23 heavy (non-hydrogen) atoms. The number of nitrogens with zero attached hydrogens (tertiary/aromatic N) is 1. The highest BCUT2D eigenvalue weighted by atomic mass is 32.1. The lowest BCUT2D eigenvalue weighted by Gasteiger charge is -2.29. The van der Waals surface area contributed by atoms with Gasteiger partial charge in [0.15, 0.2) is 5.78 Å². The summed E-state index contributed by atoms with van der Waals surface area (Å²) in [5.74, 6) is 1.06. The van der Waals surface area contributed by atoms with Gasteiger partial charge >= 0.3 is 0 Å². The molecular formula is C19H19NOS2. The normalized spacial score (nSPS) is 23.0. The second-order valence-corrected chi connectivity index (χ2v) is 8.27. The van der Waals surface area contributed by atoms with E-state index < -0.39 is 0 Å². The van der Waals surface area contributed by atoms with Gasteiger partial charge in [0.1, 0.15) is 0 Å². The van der Waals surface area contributed by atoms with Crippen molar-refractivity contribution in [1.82, 2.24) is 4.90 Å². The summed E-state index contributed by atoms with van der Waals surface area (Å²) in [6.07, 6.45) is 6.85. The molecule has 1 saturated heterocycles. The number of hydrogen-bond acceptors (Lipinski definition) is 4. The van der Waals surface area contributed by atoms with Crippen LogP contribution in [-0.2, 0) is 4.79 Å². The first kappa shape index (κ1) is 15.1. The van der Waals surface area contributed by atoms with Crippen LogP contribution in [-0.4, -0.2) is 30.3 Å². The van der Waals surface area contributed by atoms with E-state index in [1.807, 2.05) is 12.1 Å². The van der Waals surface area contributed by atoms with Gasteiger partial charge in [-0.3, -0.25) is 9.69 Å². The van der Waals surface area contributed by atoms with Crippen molar-refractivity contribution in [2.45, 2.75) is 12.8 Å². The Morgan fingerprint density at radius 2 is 1.57 bits per heavy atom. The highest BCUT2D eigenvalue weighted by molar-refractivity contribution is 7.11. The smallest absolute Gasteiger partial charge is 0.187 e. The molecule has 4 rings (SSSR count). The molecule has 4 heteroatoms. The van der Waals surface area contributed by atoms with Crippen molar-refractivity contribution in [3.63, 3.8) is 0 Å². The van der Waals surface area contributed by atoms with Crippen molar-refractivity contribution < 1.29 is 4.79 Å². The van der Waals surface area contributed by atoms with E-state index in [4.69, 9.17) is 0 Å². The number of ketones is 1. The fourth-order valence-corrected chi connectivity index (χ4v) is 4.36. The SMILES string of the molecule is O=C1/C(=C\c2cccs2)CN(CC2CC2)C/C1=C\c1cccs1. The number of piperidine rings is 1. The van der Waals surface area contributed by atoms with Gasteiger partial charge in [0.2, 0.25) is 0 Å². The molecule has 0 unspecified atom stereocenters. The lowest BCUT2D eigenvalue weighted by molar-refractivity contribution is -0.113. The van der Waals surface area contributed by atoms with Crippen LogP contribution in [0.1, 0.15) is 22.6 Å². The quantitative estimate of drug-likeness (QED) is 0.759. The highest BCUT2D eigenvalue weighted by Gasteiger charge is 2.30. The molecule has 2 aliphatic rings. The molecule has 2 aromatic heterocycles. The van der Waals surface area contributed by atoms with E-state index in [-0.39, 0.29) is 5.78 Å². The lowest BCUT2D eigenvalue weighted by atomic mass is 9.96. The molecule has 0 N–H and O–H groups in total. The zero-order valence-electron chi connectivity index (χ0n) is 12.9. The highest BCUT2D eigenvalue weighted by Crippen LogP contribution is 2.32. The van der Waals surface area contributed by atoms with Gasteiger partial charge in [0.25, 0.3) is 0 Å². The van der Waals surface area contributed by atoms with Crippen LogP contribution in [0.5, 0.6) is 0 Å². The van der Waals surface area contributed by atoms with Gasteiger partial charge in [-0.05, 0) is 53.8 Å². The van der Waals surface area contributed by atoms with Gasteiger partial charge < -0.3 is 0 Å². The Hall–Kier alpha value is -1.49. The van der Waals surface area contributed by atoms with Crippen LogP contribution in [0.25, 0.3) is 12.2 Å². The maximum Gasteiger partial charge on any atom is 0.187 e. The molecule has 2 fully saturated rings. The average molecular weight is 342 g/mol. The molecule has 0 aromatic carbocycles. The third kappa shape index (κ3) is 3.71. The predicted molar refractivity (Wildman–Crippen MR) is 98.8 cm³/mol. The summed E-state index contributed by atoms with van der Waals surface area (Å²) in [5.41, 5.74) is 1.87. The van der Waals surface area contributed by atoms with E-state index in [9.17, 15) is 4.79 Å². The van der Waals surface area contributed by atoms with E-state index in [1.54, 1.807) is 22.7 Å². The number of Topliss-reactive ketones (excluding diaryl/α,β-unsaturated/α-hetero) is 1. The fraction of sp³-hybridized carbons (Fsp3) is 0.316. The fourth-order valence-electron chi connectivity index (χ4n) is 2.99. The minimum atomic E-state index is 0.221. The molecule has 1 aliphatic carbocycles. The van der Waals surface area contributed by atoms with Gasteiger partial charge in [0.05, 0.1) is 0 Å². The van der Waals surface area contributed by atoms with Crippen molar-refractivity contribution in [2.75, 3.05) is 19.6 Å². The molecule has 1 aliphatic heterocycles. The number of hydrogen-bond donors (Lipinski definition) is 0. The van der Waals surface area contributed by atoms with Gasteiger partial charge in [-0.2, -0.15) is 0 Å². The molecule has 0 amide bonds. The first-order valence-electron chi connectivity index (χ1n) is 8.03. The largest absolute Gasteiger partial charge is 0.294 e. The molecule has 2 nitrogen and oxygen atoms in total. The Morgan fingerprint density at radius 1 is 1.00 bits per heavy atom. The summed E-state index contributed by atoms with van der Waals surface area (Å²) in [6, 6.07) is 8.23. The van der Waals surface area contributed by atoms with Gasteiger partial charge in [-0.25, -0.2) is 0 Å². The predicted octanol–water partition coefficient (Wildman–Crippen LogP) is 4.57. The molecule has 0 spiro atoms. The topological polar surface area (TPSA) is 20.3 Å². The van der Waals surface area contributed by atoms with Crippen molar-refractivity contribution in [3.05, 3.63) is 55.9 Å². The number of carbonyl (C=O) groups excluding carboxylic acids is 1. The van der Waals surface area contributed by atoms with Gasteiger partial charge in [-0.15, -0.1) is 22.7 Å². The molecule has 0 atom stereocenters. The molecular weight excluding hydrogens is 322 g/mol. The number of likely N-dealkylation sites (tertiary alicyclic amines) is 1. The number of rotatable bonds is 4. The Kier molecular flexibility index (Phi) is 4.29. The van der Waals surface area contributed by atoms with E-state index >= 15 is 0 Å². The van der Waals surface area contributed by atoms with Gasteiger partial charge in [-0.1, -0.05) is 12.1 Å². The van der Waals surface area contributed by atoms with Crippen LogP contribution in [0.4, 0.5) is 0 Å². The monoisotopic (exact) mass is 341 g/mol. The molecule has 0 bridgehead atoms. The number of carbonyl (C=O) groups is 1. The van der Waals surface area contributed by atoms with Crippen LogP contribution < -0.4 is 0 Å². The average Bonchev–Trinajstić information content (AvgIpc) is 3.01. The first-order chi connectivity index (χ1) is 11.3. The Balaban J connectivity index is 1.63. The first-order valence-corrected chi connectivity index (χ1v) is 9.79. The minimum absolute atomic E-state index is 0.221. The van der Waals surface area contributed by atoms with E-state index in [0.717, 1.165) is 46.5 Å². The zero-order chi connectivity index (χ0) is 15.6. The summed E-state index contributed by atoms with van der Waals surface area (Å²) >= 11 is 3.38. The van der Waals surface area contributed by atoms with Crippen LogP contribution in [0.2, 0.25) is 0 Å². The standard InChI is InChI=1S/C19H19NOS2/c21-19-15(9-17-3-1-7-22-17)12-20(11-14-5-6-14)13-16(19)10-18-4-2-8-23-18/h1-4,7-10,14H,5-6,11-13H2/b15-9-,16-10+. The molecule has 2 aromatic rings. The summed E-state index contributed by atoms with van der Waals surface area (Å²) in [7, 11) is 0. The zero-order valence-corrected chi connectivity index (χ0v) is 14.5.